The normalized spacial score (nSPS) is 23.1. The summed E-state index contributed by atoms with van der Waals surface area (Å²) in [5, 5.41) is 77.0. The van der Waals surface area contributed by atoms with Crippen LogP contribution in [0, 0.1) is 17.8 Å². The Morgan fingerprint density at radius 1 is 0.576 bits per heavy atom. The number of nitrogens with one attached hydrogen (secondary N) is 14. The Morgan fingerprint density at radius 3 is 1.80 bits per heavy atom. The number of nitrogens with two attached hydrogens (primary N) is 2. The van der Waals surface area contributed by atoms with Crippen LogP contribution >= 0.6 is 0 Å². The third-order valence-corrected chi connectivity index (χ3v) is 22.4. The molecule has 1 aromatic heterocycles. The minimum atomic E-state index is -2.07. The molecule has 0 bridgehead atoms. The quantitative estimate of drug-likeness (QED) is 0.0235. The van der Waals surface area contributed by atoms with Crippen LogP contribution in [0.5, 0.6) is 5.75 Å². The third-order valence-electron chi connectivity index (χ3n) is 22.4. The molecule has 4 unspecified atom stereocenters. The van der Waals surface area contributed by atoms with Gasteiger partial charge in [0, 0.05) is 62.7 Å². The molecule has 6 rings (SSSR count). The van der Waals surface area contributed by atoms with Crippen LogP contribution in [0.4, 0.5) is 0 Å². The fourth-order valence-electron chi connectivity index (χ4n) is 14.6. The van der Waals surface area contributed by atoms with Crippen LogP contribution in [-0.2, 0) is 101 Å². The minimum absolute atomic E-state index is 0.0175. The molecule has 37 heteroatoms. The number of H-pyrrole nitrogens is 1. The summed E-state index contributed by atoms with van der Waals surface area (Å²) in [5.74, 6) is -18.0. The molecule has 3 aromatic carbocycles. The molecule has 2 heterocycles. The summed E-state index contributed by atoms with van der Waals surface area (Å²) in [6, 6.07) is 3.71. The number of fused-ring (bicyclic) bond motifs is 1. The molecule has 14 amide bonds. The second kappa shape index (κ2) is 49.5. The topological polar surface area (TPSA) is 595 Å². The molecule has 1 aliphatic heterocycles. The van der Waals surface area contributed by atoms with E-state index < -0.39 is 222 Å². The number of para-hydroxylation sites is 1. The second-order valence-corrected chi connectivity index (χ2v) is 33.6. The van der Waals surface area contributed by atoms with Gasteiger partial charge in [0.05, 0.1) is 30.7 Å². The van der Waals surface area contributed by atoms with E-state index in [4.69, 9.17) is 11.5 Å². The first-order chi connectivity index (χ1) is 59.1. The van der Waals surface area contributed by atoms with Gasteiger partial charge in [0.15, 0.2) is 0 Å². The zero-order chi connectivity index (χ0) is 92.4. The standard InChI is InChI=1S/C88H126N16O21/c1-49(2)41-65(96-54(7)107)81(120)102-72(53(6)106)84(123)99-67(43-56-25-18-17-19-26-56)83(122)104-88(9)40-23-16-14-12-10-11-13-15-22-39-87(8,86(125)101-69(48-105)82(121)95-52(5)76(115)94-51(4)75(90)114)103-77(116)59(42-55-27-24-28-55)47-92-63(35-37-70(89)109)74(113)73(112)50(3)93-79(118)68(45-58-46-91-62-30-21-20-29-61(58)62)98-80(119)66(44-57-31-33-60(108)34-32-57)97-78(117)64(100-85(88)124)36-38-71(110)111/h11,13,17-21,25-26,29-34,46,49-53,55,59,63-69,72,91-92,105-106,108H,10,12,14-16,22-24,27-28,35-45,47-48H2,1-9H3,(H2,89,109)(H2,90,114)(H,93,118)(H,94,115)(H,95,121)(H,96,107)(H,97,117)(H,98,119)(H,99,123)(H,100,124)(H,101,125)(H,102,120)(H,103,116)(H,104,122)(H,110,111)/b13-11+/t50?,51?,52-,53+,59+,63-,64-,65-,66?,67-,68-,69?,72-,87-,88+/m0/s1. The highest BCUT2D eigenvalue weighted by Gasteiger charge is 2.44. The number of aromatic amines is 1. The third kappa shape index (κ3) is 32.9. The fourth-order valence-corrected chi connectivity index (χ4v) is 14.6. The smallest absolute Gasteiger partial charge is 0.303 e. The zero-order valence-electron chi connectivity index (χ0n) is 72.5. The van der Waals surface area contributed by atoms with Crippen molar-refractivity contribution >= 4 is 111 Å². The number of aromatic hydroxyl groups is 1. The number of ketones is 2. The number of aliphatic hydroxyl groups excluding tert-OH is 2. The number of amides is 14. The van der Waals surface area contributed by atoms with Gasteiger partial charge in [-0.3, -0.25) is 81.5 Å². The van der Waals surface area contributed by atoms with Crippen LogP contribution in [0.25, 0.3) is 10.9 Å². The average molecular weight is 1740 g/mol. The van der Waals surface area contributed by atoms with Crippen molar-refractivity contribution in [2.75, 3.05) is 13.2 Å². The van der Waals surface area contributed by atoms with Crippen LogP contribution < -0.4 is 80.6 Å². The maximum atomic E-state index is 15.5. The molecule has 22 N–H and O–H groups in total. The molecule has 2 aliphatic rings. The molecular weight excluding hydrogens is 1620 g/mol. The summed E-state index contributed by atoms with van der Waals surface area (Å²) in [4.78, 5) is 243. The molecule has 1 fully saturated rings. The number of carbonyl (C=O) groups is 17. The number of aliphatic carboxylic acids is 1. The number of carboxylic acids is 1. The Labute approximate surface area is 726 Å². The minimum Gasteiger partial charge on any atom is -0.508 e. The predicted molar refractivity (Wildman–Crippen MR) is 460 cm³/mol. The van der Waals surface area contributed by atoms with Crippen LogP contribution in [0.1, 0.15) is 195 Å². The van der Waals surface area contributed by atoms with E-state index in [9.17, 15) is 73.2 Å². The van der Waals surface area contributed by atoms with E-state index in [0.717, 1.165) is 6.42 Å². The summed E-state index contributed by atoms with van der Waals surface area (Å²) in [5.41, 5.74) is 8.88. The lowest BCUT2D eigenvalue weighted by Gasteiger charge is -2.35. The molecule has 4 aromatic rings. The van der Waals surface area contributed by atoms with E-state index in [1.807, 2.05) is 12.2 Å². The van der Waals surface area contributed by atoms with Crippen molar-refractivity contribution in [2.45, 2.75) is 281 Å². The van der Waals surface area contributed by atoms with E-state index in [2.05, 4.69) is 74.1 Å². The van der Waals surface area contributed by atoms with E-state index in [1.54, 1.807) is 74.6 Å². The lowest BCUT2D eigenvalue weighted by atomic mass is 9.78. The number of aliphatic hydroxyl groups is 2. The Bertz CT molecular complexity index is 4460. The summed E-state index contributed by atoms with van der Waals surface area (Å²) in [7, 11) is 0. The van der Waals surface area contributed by atoms with Gasteiger partial charge in [0.2, 0.25) is 94.3 Å². The number of phenolic OH excluding ortho intramolecular Hbond substituents is 1. The summed E-state index contributed by atoms with van der Waals surface area (Å²) >= 11 is 0. The molecule has 0 saturated heterocycles. The van der Waals surface area contributed by atoms with E-state index in [-0.39, 0.29) is 81.9 Å². The highest BCUT2D eigenvalue weighted by molar-refractivity contribution is 6.41. The number of benzene rings is 3. The van der Waals surface area contributed by atoms with Gasteiger partial charge in [-0.2, -0.15) is 0 Å². The molecule has 0 radical (unpaired) electrons. The number of Topliss-reactive ketones (excluding diaryl/α,β-unsaturated/α-hetero) is 2. The van der Waals surface area contributed by atoms with Crippen LogP contribution in [0.3, 0.4) is 0 Å². The van der Waals surface area contributed by atoms with Crippen molar-refractivity contribution in [2.24, 2.45) is 29.2 Å². The molecule has 1 saturated carbocycles. The van der Waals surface area contributed by atoms with Crippen LogP contribution in [-0.4, -0.2) is 222 Å². The summed E-state index contributed by atoms with van der Waals surface area (Å²) in [6.45, 7) is 11.3. The van der Waals surface area contributed by atoms with Gasteiger partial charge in [-0.15, -0.1) is 0 Å². The number of hydrogen-bond donors (Lipinski definition) is 20. The largest absolute Gasteiger partial charge is 0.508 e. The molecule has 684 valence electrons. The zero-order valence-corrected chi connectivity index (χ0v) is 72.5. The van der Waals surface area contributed by atoms with Gasteiger partial charge in [0.25, 0.3) is 0 Å². The van der Waals surface area contributed by atoms with Gasteiger partial charge in [0.1, 0.15) is 71.2 Å². The van der Waals surface area contributed by atoms with Crippen LogP contribution in [0.15, 0.2) is 97.2 Å². The maximum absolute atomic E-state index is 15.5. The predicted octanol–water partition coefficient (Wildman–Crippen LogP) is 0.597. The van der Waals surface area contributed by atoms with E-state index in [1.165, 1.54) is 72.7 Å². The first-order valence-electron chi connectivity index (χ1n) is 42.7. The number of hydrogen-bond acceptors (Lipinski definition) is 21. The van der Waals surface area contributed by atoms with Gasteiger partial charge >= 0.3 is 5.97 Å². The number of carbonyl (C=O) groups excluding carboxylic acids is 16. The lowest BCUT2D eigenvalue weighted by molar-refractivity contribution is -0.140. The number of aromatic nitrogens is 1. The SMILES string of the molecule is CC(=O)N[C@@H](CC(C)C)C(=O)N[C@H](C(=O)N[C@@H](Cc1ccccc1)C(=O)N[C@]1(C)CCCCCC/C=C/CCC[C@@](C)(C(=O)NC(CO)C(=O)N[C@@H](C)C(=O)NC(C)C(N)=O)NC(=O)[C@H](CC2CCC2)CN[C@@H](CCC(N)=O)C(=O)C(=O)C(C)NC(=O)[C@H](Cc2c[nH]c3ccccc23)NC(=O)C(Cc2ccc(O)cc2)NC(=O)[C@H](CCC(=O)O)NC1=O)[C@@H](C)O. The fraction of sp³-hybridized carbons (Fsp3) is 0.557. The maximum Gasteiger partial charge on any atom is 0.303 e. The van der Waals surface area contributed by atoms with Crippen LogP contribution in [0.2, 0.25) is 0 Å². The second-order valence-electron chi connectivity index (χ2n) is 33.6. The van der Waals surface area contributed by atoms with Crippen molar-refractivity contribution in [1.82, 2.24) is 74.1 Å². The Balaban J connectivity index is 1.44. The molecule has 0 spiro atoms. The Morgan fingerprint density at radius 2 is 1.18 bits per heavy atom. The number of phenols is 1. The van der Waals surface area contributed by atoms with Gasteiger partial charge in [-0.25, -0.2) is 0 Å². The molecule has 37 nitrogen and oxygen atoms in total. The van der Waals surface area contributed by atoms with Crippen molar-refractivity contribution in [3.8, 4) is 5.75 Å². The number of carboxylic acid groups (broad SMARTS) is 1. The highest BCUT2D eigenvalue weighted by atomic mass is 16.4. The first-order valence-corrected chi connectivity index (χ1v) is 42.7. The van der Waals surface area contributed by atoms with Crippen molar-refractivity contribution in [3.05, 3.63) is 114 Å². The number of primary amides is 2. The highest BCUT2D eigenvalue weighted by Crippen LogP contribution is 2.33. The van der Waals surface area contributed by atoms with Gasteiger partial charge < -0.3 is 106 Å². The van der Waals surface area contributed by atoms with E-state index in [0.29, 0.717) is 72.5 Å². The molecule has 15 atom stereocenters. The monoisotopic (exact) mass is 1740 g/mol. The Kier molecular flexibility index (Phi) is 40.3. The average Bonchev–Trinajstić information content (AvgIpc) is 1.47. The van der Waals surface area contributed by atoms with Crippen molar-refractivity contribution in [1.29, 1.82) is 0 Å². The molecule has 1 aliphatic carbocycles. The van der Waals surface area contributed by atoms with Crippen molar-refractivity contribution < 1.29 is 102 Å². The molecular formula is C88H126N16O21. The van der Waals surface area contributed by atoms with Gasteiger partial charge in [-0.1, -0.05) is 125 Å². The first kappa shape index (κ1) is 102. The molecule has 125 heavy (non-hydrogen) atoms. The summed E-state index contributed by atoms with van der Waals surface area (Å²) < 4.78 is 0. The van der Waals surface area contributed by atoms with Gasteiger partial charge in [-0.05, 0) is 152 Å². The Hall–Kier alpha value is -12.0. The number of rotatable bonds is 32. The lowest BCUT2D eigenvalue weighted by Crippen LogP contribution is -2.65. The summed E-state index contributed by atoms with van der Waals surface area (Å²) in [6.07, 6.45) is 5.48. The van der Waals surface area contributed by atoms with E-state index >= 15 is 28.8 Å². The number of allylic oxidation sites excluding steroid dienone is 2. The van der Waals surface area contributed by atoms with Crippen molar-refractivity contribution in [3.63, 3.8) is 0 Å².